The first kappa shape index (κ1) is 11.2. The maximum Gasteiger partial charge on any atom is 0.220 e. The van der Waals surface area contributed by atoms with Crippen molar-refractivity contribution < 1.29 is 4.79 Å². The van der Waals surface area contributed by atoms with E-state index in [0.717, 1.165) is 6.54 Å². The molecule has 1 unspecified atom stereocenters. The highest BCUT2D eigenvalue weighted by Crippen LogP contribution is 2.17. The topological polar surface area (TPSA) is 32.3 Å². The lowest BCUT2D eigenvalue weighted by Crippen LogP contribution is -2.35. The summed E-state index contributed by atoms with van der Waals surface area (Å²) in [6.07, 6.45) is 4.78. The average Bonchev–Trinajstić information content (AvgIpc) is 2.15. The van der Waals surface area contributed by atoms with Crippen LogP contribution >= 0.6 is 0 Å². The Morgan fingerprint density at radius 1 is 1.71 bits per heavy atom. The number of carbonyl (C=O) groups is 1. The van der Waals surface area contributed by atoms with Crippen LogP contribution in [-0.2, 0) is 4.79 Å². The van der Waals surface area contributed by atoms with Crippen molar-refractivity contribution in [2.75, 3.05) is 26.7 Å². The maximum atomic E-state index is 11.4. The SMILES string of the molecule is C=CCNC(=O)CC1CCCN(C)C1. The molecule has 3 nitrogen and oxygen atoms in total. The molecule has 1 aliphatic heterocycles. The number of hydrogen-bond donors (Lipinski definition) is 1. The molecule has 0 aromatic rings. The molecule has 1 rings (SSSR count). The third-order valence-electron chi connectivity index (χ3n) is 2.64. The molecular formula is C11H20N2O. The highest BCUT2D eigenvalue weighted by Gasteiger charge is 2.19. The van der Waals surface area contributed by atoms with Gasteiger partial charge in [0, 0.05) is 19.5 Å². The van der Waals surface area contributed by atoms with Crippen molar-refractivity contribution in [2.45, 2.75) is 19.3 Å². The molecule has 0 radical (unpaired) electrons. The van der Waals surface area contributed by atoms with Gasteiger partial charge in [0.1, 0.15) is 0 Å². The van der Waals surface area contributed by atoms with Gasteiger partial charge in [0.2, 0.25) is 5.91 Å². The van der Waals surface area contributed by atoms with Crippen molar-refractivity contribution >= 4 is 5.91 Å². The monoisotopic (exact) mass is 196 g/mol. The fraction of sp³-hybridized carbons (Fsp3) is 0.727. The standard InChI is InChI=1S/C11H20N2O/c1-3-6-12-11(14)8-10-5-4-7-13(2)9-10/h3,10H,1,4-9H2,2H3,(H,12,14). The Morgan fingerprint density at radius 3 is 3.14 bits per heavy atom. The van der Waals surface area contributed by atoms with Gasteiger partial charge >= 0.3 is 0 Å². The average molecular weight is 196 g/mol. The summed E-state index contributed by atoms with van der Waals surface area (Å²) >= 11 is 0. The van der Waals surface area contributed by atoms with Crippen LogP contribution in [0.3, 0.4) is 0 Å². The second-order valence-electron chi connectivity index (χ2n) is 4.07. The van der Waals surface area contributed by atoms with Crippen LogP contribution in [0.1, 0.15) is 19.3 Å². The van der Waals surface area contributed by atoms with E-state index in [1.54, 1.807) is 6.08 Å². The minimum atomic E-state index is 0.158. The Labute approximate surface area is 86.2 Å². The molecule has 1 amide bonds. The zero-order valence-corrected chi connectivity index (χ0v) is 8.96. The fourth-order valence-corrected chi connectivity index (χ4v) is 1.96. The predicted molar refractivity (Wildman–Crippen MR) is 58.0 cm³/mol. The zero-order valence-electron chi connectivity index (χ0n) is 8.96. The Hall–Kier alpha value is -0.830. The van der Waals surface area contributed by atoms with E-state index >= 15 is 0 Å². The van der Waals surface area contributed by atoms with E-state index in [4.69, 9.17) is 0 Å². The molecule has 0 aromatic heterocycles. The number of nitrogens with zero attached hydrogens (tertiary/aromatic N) is 1. The van der Waals surface area contributed by atoms with Crippen molar-refractivity contribution in [1.82, 2.24) is 10.2 Å². The largest absolute Gasteiger partial charge is 0.353 e. The van der Waals surface area contributed by atoms with E-state index in [2.05, 4.69) is 23.8 Å². The Kier molecular flexibility index (Phi) is 4.66. The molecule has 0 spiro atoms. The van der Waals surface area contributed by atoms with Crippen LogP contribution in [0.4, 0.5) is 0 Å². The van der Waals surface area contributed by atoms with Crippen LogP contribution < -0.4 is 5.32 Å². The van der Waals surface area contributed by atoms with Crippen molar-refractivity contribution in [3.63, 3.8) is 0 Å². The Bertz CT molecular complexity index is 203. The minimum absolute atomic E-state index is 0.158. The third kappa shape index (κ3) is 3.92. The van der Waals surface area contributed by atoms with Gasteiger partial charge in [-0.05, 0) is 32.4 Å². The summed E-state index contributed by atoms with van der Waals surface area (Å²) in [6, 6.07) is 0. The van der Waals surface area contributed by atoms with Crippen LogP contribution in [0.15, 0.2) is 12.7 Å². The number of likely N-dealkylation sites (tertiary alicyclic amines) is 1. The van der Waals surface area contributed by atoms with E-state index in [9.17, 15) is 4.79 Å². The second kappa shape index (κ2) is 5.81. The first-order valence-corrected chi connectivity index (χ1v) is 5.28. The van der Waals surface area contributed by atoms with Gasteiger partial charge in [-0.2, -0.15) is 0 Å². The predicted octanol–water partition coefficient (Wildman–Crippen LogP) is 1.02. The molecule has 0 saturated carbocycles. The molecule has 80 valence electrons. The van der Waals surface area contributed by atoms with Gasteiger partial charge in [0.15, 0.2) is 0 Å². The van der Waals surface area contributed by atoms with Gasteiger partial charge in [0.05, 0.1) is 0 Å². The summed E-state index contributed by atoms with van der Waals surface area (Å²) < 4.78 is 0. The summed E-state index contributed by atoms with van der Waals surface area (Å²) in [5, 5.41) is 2.82. The summed E-state index contributed by atoms with van der Waals surface area (Å²) in [4.78, 5) is 13.7. The van der Waals surface area contributed by atoms with Crippen LogP contribution in [-0.4, -0.2) is 37.5 Å². The minimum Gasteiger partial charge on any atom is -0.353 e. The molecule has 1 aliphatic rings. The van der Waals surface area contributed by atoms with Crippen molar-refractivity contribution in [1.29, 1.82) is 0 Å². The van der Waals surface area contributed by atoms with Crippen molar-refractivity contribution in [3.8, 4) is 0 Å². The van der Waals surface area contributed by atoms with Gasteiger partial charge < -0.3 is 10.2 Å². The molecule has 1 fully saturated rings. The second-order valence-corrected chi connectivity index (χ2v) is 4.07. The van der Waals surface area contributed by atoms with Crippen LogP contribution in [0, 0.1) is 5.92 Å². The number of carbonyl (C=O) groups excluding carboxylic acids is 1. The summed E-state index contributed by atoms with van der Waals surface area (Å²) in [5.41, 5.74) is 0. The quantitative estimate of drug-likeness (QED) is 0.681. The van der Waals surface area contributed by atoms with Crippen LogP contribution in [0.25, 0.3) is 0 Å². The van der Waals surface area contributed by atoms with E-state index in [0.29, 0.717) is 18.9 Å². The molecule has 1 atom stereocenters. The van der Waals surface area contributed by atoms with Gasteiger partial charge in [-0.15, -0.1) is 6.58 Å². The Balaban J connectivity index is 2.21. The Morgan fingerprint density at radius 2 is 2.50 bits per heavy atom. The van der Waals surface area contributed by atoms with E-state index in [1.165, 1.54) is 19.4 Å². The summed E-state index contributed by atoms with van der Waals surface area (Å²) in [7, 11) is 2.12. The van der Waals surface area contributed by atoms with Crippen molar-refractivity contribution in [2.24, 2.45) is 5.92 Å². The van der Waals surface area contributed by atoms with Crippen molar-refractivity contribution in [3.05, 3.63) is 12.7 Å². The number of hydrogen-bond acceptors (Lipinski definition) is 2. The van der Waals surface area contributed by atoms with Gasteiger partial charge in [-0.25, -0.2) is 0 Å². The molecular weight excluding hydrogens is 176 g/mol. The molecule has 0 bridgehead atoms. The third-order valence-corrected chi connectivity index (χ3v) is 2.64. The molecule has 1 saturated heterocycles. The highest BCUT2D eigenvalue weighted by molar-refractivity contribution is 5.76. The number of rotatable bonds is 4. The number of piperidine rings is 1. The molecule has 0 aromatic carbocycles. The van der Waals surface area contributed by atoms with Crippen LogP contribution in [0.2, 0.25) is 0 Å². The molecule has 14 heavy (non-hydrogen) atoms. The molecule has 0 aliphatic carbocycles. The fourth-order valence-electron chi connectivity index (χ4n) is 1.96. The normalized spacial score (nSPS) is 23.1. The van der Waals surface area contributed by atoms with E-state index in [-0.39, 0.29) is 5.91 Å². The summed E-state index contributed by atoms with van der Waals surface area (Å²) in [6.45, 7) is 6.38. The lowest BCUT2D eigenvalue weighted by molar-refractivity contribution is -0.122. The van der Waals surface area contributed by atoms with Gasteiger partial charge in [-0.3, -0.25) is 4.79 Å². The first-order chi connectivity index (χ1) is 6.72. The number of amides is 1. The lowest BCUT2D eigenvalue weighted by Gasteiger charge is -2.29. The smallest absolute Gasteiger partial charge is 0.220 e. The van der Waals surface area contributed by atoms with E-state index in [1.807, 2.05) is 0 Å². The zero-order chi connectivity index (χ0) is 10.4. The summed E-state index contributed by atoms with van der Waals surface area (Å²) in [5.74, 6) is 0.698. The first-order valence-electron chi connectivity index (χ1n) is 5.28. The molecule has 1 N–H and O–H groups in total. The highest BCUT2D eigenvalue weighted by atomic mass is 16.1. The molecule has 1 heterocycles. The van der Waals surface area contributed by atoms with E-state index < -0.39 is 0 Å². The van der Waals surface area contributed by atoms with Crippen LogP contribution in [0.5, 0.6) is 0 Å². The van der Waals surface area contributed by atoms with Gasteiger partial charge in [0.25, 0.3) is 0 Å². The lowest BCUT2D eigenvalue weighted by atomic mass is 9.95. The van der Waals surface area contributed by atoms with Gasteiger partial charge in [-0.1, -0.05) is 6.08 Å². The number of nitrogens with one attached hydrogen (secondary N) is 1. The maximum absolute atomic E-state index is 11.4. The molecule has 3 heteroatoms.